The summed E-state index contributed by atoms with van der Waals surface area (Å²) in [6.07, 6.45) is 0. The minimum absolute atomic E-state index is 0.0183. The molecule has 0 aliphatic rings. The quantitative estimate of drug-likeness (QED) is 0.837. The van der Waals surface area contributed by atoms with Crippen LogP contribution in [-0.2, 0) is 0 Å². The Morgan fingerprint density at radius 2 is 1.53 bits per heavy atom. The Morgan fingerprint density at radius 3 is 2.16 bits per heavy atom. The first kappa shape index (κ1) is 13.6. The summed E-state index contributed by atoms with van der Waals surface area (Å²) in [5.41, 5.74) is 6.86. The molecule has 0 fully saturated rings. The Balaban J connectivity index is 2.35. The molecule has 0 heterocycles. The van der Waals surface area contributed by atoms with Gasteiger partial charge in [-0.25, -0.2) is 13.2 Å². The zero-order valence-corrected chi connectivity index (χ0v) is 10.4. The predicted octanol–water partition coefficient (Wildman–Crippen LogP) is 3.91. The maximum absolute atomic E-state index is 13.7. The molecule has 1 nitrogen and oxygen atoms in total. The Labute approximate surface area is 109 Å². The van der Waals surface area contributed by atoms with Crippen molar-refractivity contribution in [3.05, 3.63) is 71.0 Å². The predicted molar refractivity (Wildman–Crippen MR) is 68.1 cm³/mol. The fraction of sp³-hybridized carbons (Fsp3) is 0.200. The van der Waals surface area contributed by atoms with E-state index < -0.39 is 23.5 Å². The summed E-state index contributed by atoms with van der Waals surface area (Å²) in [4.78, 5) is 0. The molecule has 2 atom stereocenters. The Hall–Kier alpha value is -1.81. The number of rotatable bonds is 3. The van der Waals surface area contributed by atoms with Crippen LogP contribution in [-0.4, -0.2) is 0 Å². The van der Waals surface area contributed by atoms with Crippen molar-refractivity contribution < 1.29 is 13.2 Å². The zero-order valence-electron chi connectivity index (χ0n) is 10.4. The minimum atomic E-state index is -1.48. The van der Waals surface area contributed by atoms with Crippen LogP contribution in [0.5, 0.6) is 0 Å². The van der Waals surface area contributed by atoms with Gasteiger partial charge in [0.1, 0.15) is 0 Å². The van der Waals surface area contributed by atoms with Crippen LogP contribution in [0.4, 0.5) is 13.2 Å². The SMILES string of the molecule is CC(c1ccccc1)C(N)c1ccc(F)c(F)c1F. The van der Waals surface area contributed by atoms with Gasteiger partial charge < -0.3 is 5.73 Å². The van der Waals surface area contributed by atoms with Crippen LogP contribution in [0.1, 0.15) is 30.0 Å². The highest BCUT2D eigenvalue weighted by Crippen LogP contribution is 2.31. The van der Waals surface area contributed by atoms with Gasteiger partial charge in [0.15, 0.2) is 17.5 Å². The van der Waals surface area contributed by atoms with E-state index in [1.807, 2.05) is 37.3 Å². The van der Waals surface area contributed by atoms with Crippen LogP contribution in [0.2, 0.25) is 0 Å². The minimum Gasteiger partial charge on any atom is -0.323 e. The highest BCUT2D eigenvalue weighted by Gasteiger charge is 2.23. The molecule has 2 unspecified atom stereocenters. The molecule has 0 amide bonds. The highest BCUT2D eigenvalue weighted by atomic mass is 19.2. The summed E-state index contributed by atoms with van der Waals surface area (Å²) in [6.45, 7) is 1.82. The smallest absolute Gasteiger partial charge is 0.194 e. The molecule has 0 saturated carbocycles. The van der Waals surface area contributed by atoms with E-state index in [4.69, 9.17) is 5.73 Å². The van der Waals surface area contributed by atoms with Crippen molar-refractivity contribution in [1.82, 2.24) is 0 Å². The summed E-state index contributed by atoms with van der Waals surface area (Å²) >= 11 is 0. The molecule has 0 aliphatic carbocycles. The Kier molecular flexibility index (Phi) is 3.90. The maximum Gasteiger partial charge on any atom is 0.194 e. The topological polar surface area (TPSA) is 26.0 Å². The van der Waals surface area contributed by atoms with Gasteiger partial charge in [0.05, 0.1) is 0 Å². The lowest BCUT2D eigenvalue weighted by atomic mass is 9.89. The third-order valence-electron chi connectivity index (χ3n) is 3.29. The van der Waals surface area contributed by atoms with Gasteiger partial charge >= 0.3 is 0 Å². The molecule has 2 aromatic rings. The van der Waals surface area contributed by atoms with Crippen molar-refractivity contribution in [2.45, 2.75) is 18.9 Å². The fourth-order valence-electron chi connectivity index (χ4n) is 2.03. The summed E-state index contributed by atoms with van der Waals surface area (Å²) < 4.78 is 39.8. The summed E-state index contributed by atoms with van der Waals surface area (Å²) in [5.74, 6) is -4.11. The van der Waals surface area contributed by atoms with Gasteiger partial charge in [-0.3, -0.25) is 0 Å². The molecular formula is C15H14F3N. The van der Waals surface area contributed by atoms with Crippen LogP contribution >= 0.6 is 0 Å². The van der Waals surface area contributed by atoms with E-state index in [-0.39, 0.29) is 11.5 Å². The lowest BCUT2D eigenvalue weighted by Gasteiger charge is -2.21. The fourth-order valence-corrected chi connectivity index (χ4v) is 2.03. The molecule has 100 valence electrons. The monoisotopic (exact) mass is 265 g/mol. The summed E-state index contributed by atoms with van der Waals surface area (Å²) in [7, 11) is 0. The van der Waals surface area contributed by atoms with Gasteiger partial charge in [0, 0.05) is 17.5 Å². The molecule has 0 radical (unpaired) electrons. The van der Waals surface area contributed by atoms with Gasteiger partial charge in [0.2, 0.25) is 0 Å². The molecule has 0 aromatic heterocycles. The molecule has 4 heteroatoms. The first-order valence-electron chi connectivity index (χ1n) is 5.96. The Morgan fingerprint density at radius 1 is 0.895 bits per heavy atom. The average molecular weight is 265 g/mol. The maximum atomic E-state index is 13.7. The third-order valence-corrected chi connectivity index (χ3v) is 3.29. The molecule has 2 N–H and O–H groups in total. The van der Waals surface area contributed by atoms with Crippen molar-refractivity contribution >= 4 is 0 Å². The van der Waals surface area contributed by atoms with E-state index in [1.54, 1.807) is 0 Å². The van der Waals surface area contributed by atoms with Crippen molar-refractivity contribution in [2.24, 2.45) is 5.73 Å². The van der Waals surface area contributed by atoms with Gasteiger partial charge in [-0.1, -0.05) is 43.3 Å². The molecule has 19 heavy (non-hydrogen) atoms. The van der Waals surface area contributed by atoms with Crippen LogP contribution < -0.4 is 5.73 Å². The molecular weight excluding hydrogens is 251 g/mol. The van der Waals surface area contributed by atoms with Crippen molar-refractivity contribution in [3.63, 3.8) is 0 Å². The largest absolute Gasteiger partial charge is 0.323 e. The second-order valence-corrected chi connectivity index (χ2v) is 4.49. The summed E-state index contributed by atoms with van der Waals surface area (Å²) in [6, 6.07) is 10.6. The molecule has 2 rings (SSSR count). The standard InChI is InChI=1S/C15H14F3N/c1-9(10-5-3-2-4-6-10)15(19)11-7-8-12(16)14(18)13(11)17/h2-9,15H,19H2,1H3. The summed E-state index contributed by atoms with van der Waals surface area (Å²) in [5, 5.41) is 0. The van der Waals surface area contributed by atoms with Crippen molar-refractivity contribution in [3.8, 4) is 0 Å². The lowest BCUT2D eigenvalue weighted by molar-refractivity contribution is 0.430. The van der Waals surface area contributed by atoms with Crippen LogP contribution in [0.3, 0.4) is 0 Å². The number of benzene rings is 2. The zero-order chi connectivity index (χ0) is 14.0. The number of nitrogens with two attached hydrogens (primary N) is 1. The second kappa shape index (κ2) is 5.45. The molecule has 0 saturated heterocycles. The molecule has 2 aromatic carbocycles. The number of halogens is 3. The number of hydrogen-bond acceptors (Lipinski definition) is 1. The lowest BCUT2D eigenvalue weighted by Crippen LogP contribution is -2.20. The first-order valence-corrected chi connectivity index (χ1v) is 5.96. The van der Waals surface area contributed by atoms with Crippen molar-refractivity contribution in [2.75, 3.05) is 0 Å². The molecule has 0 bridgehead atoms. The van der Waals surface area contributed by atoms with E-state index in [1.165, 1.54) is 6.07 Å². The molecule has 0 aliphatic heterocycles. The van der Waals surface area contributed by atoms with Crippen molar-refractivity contribution in [1.29, 1.82) is 0 Å². The normalized spacial score (nSPS) is 14.2. The first-order chi connectivity index (χ1) is 9.02. The van der Waals surface area contributed by atoms with Gasteiger partial charge in [-0.15, -0.1) is 0 Å². The van der Waals surface area contributed by atoms with Gasteiger partial charge in [0.25, 0.3) is 0 Å². The van der Waals surface area contributed by atoms with E-state index in [9.17, 15) is 13.2 Å². The average Bonchev–Trinajstić information content (AvgIpc) is 2.44. The van der Waals surface area contributed by atoms with E-state index in [0.29, 0.717) is 0 Å². The highest BCUT2D eigenvalue weighted by molar-refractivity contribution is 5.29. The third kappa shape index (κ3) is 2.63. The Bertz CT molecular complexity index is 569. The van der Waals surface area contributed by atoms with Gasteiger partial charge in [-0.2, -0.15) is 0 Å². The number of hydrogen-bond donors (Lipinski definition) is 1. The van der Waals surface area contributed by atoms with Crippen LogP contribution in [0.25, 0.3) is 0 Å². The van der Waals surface area contributed by atoms with Crippen LogP contribution in [0.15, 0.2) is 42.5 Å². The van der Waals surface area contributed by atoms with E-state index in [0.717, 1.165) is 11.6 Å². The van der Waals surface area contributed by atoms with Gasteiger partial charge in [-0.05, 0) is 11.6 Å². The van der Waals surface area contributed by atoms with E-state index in [2.05, 4.69) is 0 Å². The van der Waals surface area contributed by atoms with Crippen LogP contribution in [0, 0.1) is 17.5 Å². The molecule has 0 spiro atoms. The van der Waals surface area contributed by atoms with E-state index >= 15 is 0 Å². The second-order valence-electron chi connectivity index (χ2n) is 4.49.